The number of halogens is 2. The minimum absolute atomic E-state index is 0.188. The van der Waals surface area contributed by atoms with Crippen LogP contribution in [-0.4, -0.2) is 18.0 Å². The first-order valence-corrected chi connectivity index (χ1v) is 7.29. The van der Waals surface area contributed by atoms with E-state index in [1.807, 2.05) is 20.8 Å². The van der Waals surface area contributed by atoms with Gasteiger partial charge in [-0.25, -0.2) is 0 Å². The summed E-state index contributed by atoms with van der Waals surface area (Å²) in [6, 6.07) is 4.72. The number of rotatable bonds is 4. The highest BCUT2D eigenvalue weighted by Gasteiger charge is 2.22. The van der Waals surface area contributed by atoms with E-state index in [0.717, 1.165) is 0 Å². The third-order valence-corrected chi connectivity index (χ3v) is 3.09. The Labute approximate surface area is 134 Å². The lowest BCUT2D eigenvalue weighted by atomic mass is 9.92. The summed E-state index contributed by atoms with van der Waals surface area (Å²) in [6.07, 6.45) is -0.654. The fourth-order valence-electron chi connectivity index (χ4n) is 1.55. The van der Waals surface area contributed by atoms with Crippen molar-refractivity contribution in [3.8, 4) is 0 Å². The number of amides is 1. The van der Waals surface area contributed by atoms with Crippen LogP contribution in [0, 0.1) is 5.41 Å². The molecule has 0 aliphatic heterocycles. The second kappa shape index (κ2) is 7.14. The molecule has 0 saturated carbocycles. The lowest BCUT2D eigenvalue weighted by Crippen LogP contribution is -2.31. The van der Waals surface area contributed by atoms with Crippen LogP contribution in [0.3, 0.4) is 0 Å². The molecule has 1 aromatic rings. The van der Waals surface area contributed by atoms with Crippen molar-refractivity contribution in [3.63, 3.8) is 0 Å². The van der Waals surface area contributed by atoms with Gasteiger partial charge in [0.1, 0.15) is 0 Å². The number of ether oxygens (including phenoxy) is 1. The molecule has 0 aliphatic carbocycles. The van der Waals surface area contributed by atoms with Gasteiger partial charge < -0.3 is 10.1 Å². The smallest absolute Gasteiger partial charge is 0.307 e. The molecule has 0 saturated heterocycles. The Bertz CT molecular complexity index is 538. The minimum atomic E-state index is -0.897. The van der Waals surface area contributed by atoms with Crippen molar-refractivity contribution in [2.45, 2.75) is 40.2 Å². The molecule has 0 radical (unpaired) electrons. The molecule has 6 heteroatoms. The molecule has 4 nitrogen and oxygen atoms in total. The molecule has 0 bridgehead atoms. The lowest BCUT2D eigenvalue weighted by molar-refractivity contribution is -0.154. The molecule has 21 heavy (non-hydrogen) atoms. The van der Waals surface area contributed by atoms with E-state index in [0.29, 0.717) is 15.7 Å². The molecule has 1 atom stereocenters. The predicted molar refractivity (Wildman–Crippen MR) is 84.7 cm³/mol. The zero-order chi connectivity index (χ0) is 16.2. The van der Waals surface area contributed by atoms with Gasteiger partial charge in [-0.1, -0.05) is 44.0 Å². The number of hydrogen-bond donors (Lipinski definition) is 1. The molecule has 0 heterocycles. The van der Waals surface area contributed by atoms with Crippen LogP contribution in [0.25, 0.3) is 0 Å². The summed E-state index contributed by atoms with van der Waals surface area (Å²) in [4.78, 5) is 23.7. The number of nitrogens with one attached hydrogen (secondary N) is 1. The molecular formula is C15H19Cl2NO3. The highest BCUT2D eigenvalue weighted by molar-refractivity contribution is 6.36. The number of anilines is 1. The van der Waals surface area contributed by atoms with E-state index in [9.17, 15) is 9.59 Å². The third-order valence-electron chi connectivity index (χ3n) is 2.54. The van der Waals surface area contributed by atoms with Gasteiger partial charge in [0.2, 0.25) is 0 Å². The first-order chi connectivity index (χ1) is 9.58. The van der Waals surface area contributed by atoms with Gasteiger partial charge in [-0.15, -0.1) is 0 Å². The molecule has 1 amide bonds. The van der Waals surface area contributed by atoms with Crippen LogP contribution in [0.1, 0.15) is 34.1 Å². The standard InChI is InChI=1S/C15H19Cl2NO3/c1-9(21-13(19)8-15(2,3)4)14(20)18-12-6-5-10(16)7-11(12)17/h5-7,9H,8H2,1-4H3,(H,18,20)/t9-/m0/s1. The van der Waals surface area contributed by atoms with Crippen molar-refractivity contribution in [2.75, 3.05) is 5.32 Å². The summed E-state index contributed by atoms with van der Waals surface area (Å²) >= 11 is 11.7. The maximum absolute atomic E-state index is 12.0. The minimum Gasteiger partial charge on any atom is -0.453 e. The molecule has 0 spiro atoms. The Balaban J connectivity index is 2.61. The second-order valence-electron chi connectivity index (χ2n) is 5.98. The van der Waals surface area contributed by atoms with E-state index < -0.39 is 18.0 Å². The van der Waals surface area contributed by atoms with Crippen molar-refractivity contribution >= 4 is 40.8 Å². The normalized spacial score (nSPS) is 12.7. The van der Waals surface area contributed by atoms with Gasteiger partial charge in [0.05, 0.1) is 17.1 Å². The topological polar surface area (TPSA) is 55.4 Å². The summed E-state index contributed by atoms with van der Waals surface area (Å²) in [5, 5.41) is 3.40. The Morgan fingerprint density at radius 2 is 1.90 bits per heavy atom. The van der Waals surface area contributed by atoms with Gasteiger partial charge in [-0.05, 0) is 30.5 Å². The average Bonchev–Trinajstić information content (AvgIpc) is 2.29. The van der Waals surface area contributed by atoms with E-state index in [1.165, 1.54) is 13.0 Å². The summed E-state index contributed by atoms with van der Waals surface area (Å²) in [6.45, 7) is 7.28. The zero-order valence-electron chi connectivity index (χ0n) is 12.5. The number of esters is 1. The monoisotopic (exact) mass is 331 g/mol. The van der Waals surface area contributed by atoms with Gasteiger partial charge in [-0.3, -0.25) is 9.59 Å². The predicted octanol–water partition coefficient (Wildman–Crippen LogP) is 4.30. The molecule has 1 N–H and O–H groups in total. The van der Waals surface area contributed by atoms with Crippen molar-refractivity contribution in [1.29, 1.82) is 0 Å². The quantitative estimate of drug-likeness (QED) is 0.837. The first-order valence-electron chi connectivity index (χ1n) is 6.54. The van der Waals surface area contributed by atoms with Gasteiger partial charge in [0.15, 0.2) is 6.10 Å². The van der Waals surface area contributed by atoms with Crippen LogP contribution in [-0.2, 0) is 14.3 Å². The van der Waals surface area contributed by atoms with Crippen LogP contribution in [0.2, 0.25) is 10.0 Å². The number of benzene rings is 1. The van der Waals surface area contributed by atoms with E-state index in [-0.39, 0.29) is 11.8 Å². The maximum atomic E-state index is 12.0. The summed E-state index contributed by atoms with van der Waals surface area (Å²) in [5.41, 5.74) is 0.233. The third kappa shape index (κ3) is 6.36. The molecule has 116 valence electrons. The summed E-state index contributed by atoms with van der Waals surface area (Å²) in [7, 11) is 0. The Morgan fingerprint density at radius 1 is 1.29 bits per heavy atom. The van der Waals surface area contributed by atoms with Crippen LogP contribution >= 0.6 is 23.2 Å². The number of carbonyl (C=O) groups is 2. The fraction of sp³-hybridized carbons (Fsp3) is 0.467. The number of carbonyl (C=O) groups excluding carboxylic acids is 2. The molecule has 0 aliphatic rings. The van der Waals surface area contributed by atoms with Crippen LogP contribution in [0.15, 0.2) is 18.2 Å². The van der Waals surface area contributed by atoms with Crippen molar-refractivity contribution in [2.24, 2.45) is 5.41 Å². The molecule has 1 rings (SSSR count). The highest BCUT2D eigenvalue weighted by atomic mass is 35.5. The van der Waals surface area contributed by atoms with Crippen LogP contribution in [0.4, 0.5) is 5.69 Å². The Morgan fingerprint density at radius 3 is 2.43 bits per heavy atom. The van der Waals surface area contributed by atoms with Crippen molar-refractivity contribution in [1.82, 2.24) is 0 Å². The Kier molecular flexibility index (Phi) is 6.05. The highest BCUT2D eigenvalue weighted by Crippen LogP contribution is 2.25. The van der Waals surface area contributed by atoms with Crippen molar-refractivity contribution < 1.29 is 14.3 Å². The number of hydrogen-bond acceptors (Lipinski definition) is 3. The molecule has 0 fully saturated rings. The van der Waals surface area contributed by atoms with E-state index >= 15 is 0 Å². The molecule has 0 aromatic heterocycles. The zero-order valence-corrected chi connectivity index (χ0v) is 14.0. The molecule has 1 aromatic carbocycles. The largest absolute Gasteiger partial charge is 0.453 e. The summed E-state index contributed by atoms with van der Waals surface area (Å²) in [5.74, 6) is -0.853. The van der Waals surface area contributed by atoms with E-state index in [4.69, 9.17) is 27.9 Å². The fourth-order valence-corrected chi connectivity index (χ4v) is 2.01. The SMILES string of the molecule is C[C@H](OC(=O)CC(C)(C)C)C(=O)Nc1ccc(Cl)cc1Cl. The maximum Gasteiger partial charge on any atom is 0.307 e. The Hall–Kier alpha value is -1.26. The van der Waals surface area contributed by atoms with Gasteiger partial charge in [0.25, 0.3) is 5.91 Å². The summed E-state index contributed by atoms with van der Waals surface area (Å²) < 4.78 is 5.10. The second-order valence-corrected chi connectivity index (χ2v) is 6.83. The van der Waals surface area contributed by atoms with Gasteiger partial charge in [0, 0.05) is 5.02 Å². The van der Waals surface area contributed by atoms with Crippen molar-refractivity contribution in [3.05, 3.63) is 28.2 Å². The average molecular weight is 332 g/mol. The van der Waals surface area contributed by atoms with Crippen LogP contribution in [0.5, 0.6) is 0 Å². The van der Waals surface area contributed by atoms with Gasteiger partial charge in [-0.2, -0.15) is 0 Å². The molecular weight excluding hydrogens is 313 g/mol. The first kappa shape index (κ1) is 17.8. The molecule has 0 unspecified atom stereocenters. The lowest BCUT2D eigenvalue weighted by Gasteiger charge is -2.19. The van der Waals surface area contributed by atoms with Gasteiger partial charge >= 0.3 is 5.97 Å². The van der Waals surface area contributed by atoms with E-state index in [2.05, 4.69) is 5.32 Å². The van der Waals surface area contributed by atoms with Crippen LogP contribution < -0.4 is 5.32 Å². The van der Waals surface area contributed by atoms with E-state index in [1.54, 1.807) is 12.1 Å².